The highest BCUT2D eigenvalue weighted by molar-refractivity contribution is 4.81. The quantitative estimate of drug-likeness (QED) is 0.231. The predicted molar refractivity (Wildman–Crippen MR) is 57.6 cm³/mol. The van der Waals surface area contributed by atoms with Crippen LogP contribution in [0.1, 0.15) is 6.92 Å². The van der Waals surface area contributed by atoms with Crippen molar-refractivity contribution in [2.75, 3.05) is 19.7 Å². The third-order valence-corrected chi connectivity index (χ3v) is 2.15. The maximum atomic E-state index is 9.44. The lowest BCUT2D eigenvalue weighted by atomic mass is 10.0. The van der Waals surface area contributed by atoms with Gasteiger partial charge in [0.1, 0.15) is 18.3 Å². The molecule has 0 aliphatic heterocycles. The summed E-state index contributed by atoms with van der Waals surface area (Å²) in [6, 6.07) is -0.0858. The molecule has 7 nitrogen and oxygen atoms in total. The largest absolute Gasteiger partial charge is 0.394 e. The Hall–Kier alpha value is -0.280. The highest BCUT2D eigenvalue weighted by Gasteiger charge is 2.29. The van der Waals surface area contributed by atoms with Gasteiger partial charge in [0.2, 0.25) is 0 Å². The summed E-state index contributed by atoms with van der Waals surface area (Å²) >= 11 is 0. The highest BCUT2D eigenvalue weighted by atomic mass is 16.4. The fraction of sp³-hybridized carbons (Fsp3) is 1.00. The van der Waals surface area contributed by atoms with Crippen LogP contribution in [0.2, 0.25) is 0 Å². The molecule has 0 amide bonds. The maximum Gasteiger partial charge on any atom is 0.111 e. The van der Waals surface area contributed by atoms with Crippen molar-refractivity contribution in [3.8, 4) is 0 Å². The van der Waals surface area contributed by atoms with Crippen LogP contribution in [0.4, 0.5) is 0 Å². The van der Waals surface area contributed by atoms with Gasteiger partial charge in [0, 0.05) is 19.1 Å². The third-order valence-electron chi connectivity index (χ3n) is 2.15. The molecule has 5 unspecified atom stereocenters. The normalized spacial score (nSPS) is 21.2. The van der Waals surface area contributed by atoms with Crippen molar-refractivity contribution in [2.45, 2.75) is 37.4 Å². The summed E-state index contributed by atoms with van der Waals surface area (Å²) in [7, 11) is 0. The first-order chi connectivity index (χ1) is 7.40. The van der Waals surface area contributed by atoms with E-state index < -0.39 is 31.0 Å². The minimum atomic E-state index is -1.59. The second kappa shape index (κ2) is 7.91. The van der Waals surface area contributed by atoms with Crippen molar-refractivity contribution in [3.05, 3.63) is 0 Å². The van der Waals surface area contributed by atoms with Crippen molar-refractivity contribution < 1.29 is 25.5 Å². The summed E-state index contributed by atoms with van der Waals surface area (Å²) < 4.78 is 0. The van der Waals surface area contributed by atoms with E-state index in [4.69, 9.17) is 15.9 Å². The Morgan fingerprint density at radius 2 is 1.50 bits per heavy atom. The van der Waals surface area contributed by atoms with E-state index in [1.54, 1.807) is 6.92 Å². The van der Waals surface area contributed by atoms with Gasteiger partial charge in [-0.15, -0.1) is 0 Å². The first-order valence-corrected chi connectivity index (χ1v) is 5.19. The molecule has 0 aromatic carbocycles. The minimum absolute atomic E-state index is 0.0396. The van der Waals surface area contributed by atoms with Crippen molar-refractivity contribution in [3.63, 3.8) is 0 Å². The second-order valence-corrected chi connectivity index (χ2v) is 3.93. The standard InChI is InChI=1S/C9H22N2O5/c1-5(10)2-11-3-6(13)8(15)9(16)7(14)4-12/h5-9,11-16H,2-4,10H2,1H3. The maximum absolute atomic E-state index is 9.44. The van der Waals surface area contributed by atoms with Crippen molar-refractivity contribution in [1.82, 2.24) is 5.32 Å². The molecule has 98 valence electrons. The molecule has 7 heteroatoms. The van der Waals surface area contributed by atoms with Gasteiger partial charge in [-0.3, -0.25) is 0 Å². The molecule has 0 bridgehead atoms. The second-order valence-electron chi connectivity index (χ2n) is 3.93. The lowest BCUT2D eigenvalue weighted by molar-refractivity contribution is -0.113. The average Bonchev–Trinajstić information content (AvgIpc) is 2.25. The average molecular weight is 238 g/mol. The molecule has 5 atom stereocenters. The van der Waals surface area contributed by atoms with E-state index in [0.717, 1.165) is 0 Å². The Bertz CT molecular complexity index is 181. The van der Waals surface area contributed by atoms with Crippen LogP contribution in [0.25, 0.3) is 0 Å². The lowest BCUT2D eigenvalue weighted by Crippen LogP contribution is -2.49. The van der Waals surface area contributed by atoms with E-state index >= 15 is 0 Å². The van der Waals surface area contributed by atoms with Crippen LogP contribution in [-0.4, -0.2) is 75.7 Å². The van der Waals surface area contributed by atoms with Crippen LogP contribution in [0, 0.1) is 0 Å². The zero-order chi connectivity index (χ0) is 12.7. The van der Waals surface area contributed by atoms with Crippen molar-refractivity contribution >= 4 is 0 Å². The van der Waals surface area contributed by atoms with Gasteiger partial charge in [0.05, 0.1) is 12.7 Å². The van der Waals surface area contributed by atoms with Gasteiger partial charge < -0.3 is 36.6 Å². The molecule has 0 heterocycles. The lowest BCUT2D eigenvalue weighted by Gasteiger charge is -2.25. The number of aliphatic hydroxyl groups excluding tert-OH is 5. The summed E-state index contributed by atoms with van der Waals surface area (Å²) in [5.41, 5.74) is 5.46. The van der Waals surface area contributed by atoms with Crippen molar-refractivity contribution in [1.29, 1.82) is 0 Å². The number of aliphatic hydroxyl groups is 5. The molecule has 0 spiro atoms. The van der Waals surface area contributed by atoms with E-state index in [1.165, 1.54) is 0 Å². The van der Waals surface area contributed by atoms with Gasteiger partial charge in [-0.05, 0) is 6.92 Å². The molecular formula is C9H22N2O5. The van der Waals surface area contributed by atoms with Crippen LogP contribution >= 0.6 is 0 Å². The van der Waals surface area contributed by atoms with E-state index in [1.807, 2.05) is 0 Å². The molecule has 0 aliphatic carbocycles. The molecular weight excluding hydrogens is 216 g/mol. The summed E-state index contributed by atoms with van der Waals surface area (Å²) in [5, 5.41) is 48.5. The van der Waals surface area contributed by atoms with Crippen LogP contribution in [-0.2, 0) is 0 Å². The van der Waals surface area contributed by atoms with Gasteiger partial charge in [0.15, 0.2) is 0 Å². The summed E-state index contributed by atoms with van der Waals surface area (Å²) in [6.07, 6.45) is -5.83. The number of nitrogens with two attached hydrogens (primary N) is 1. The predicted octanol–water partition coefficient (Wildman–Crippen LogP) is -3.64. The van der Waals surface area contributed by atoms with Crippen molar-refractivity contribution in [2.24, 2.45) is 5.73 Å². The van der Waals surface area contributed by atoms with Crippen LogP contribution < -0.4 is 11.1 Å². The first-order valence-electron chi connectivity index (χ1n) is 5.19. The van der Waals surface area contributed by atoms with Crippen LogP contribution in [0.5, 0.6) is 0 Å². The number of rotatable bonds is 8. The third kappa shape index (κ3) is 5.71. The molecule has 0 saturated carbocycles. The van der Waals surface area contributed by atoms with E-state index in [-0.39, 0.29) is 12.6 Å². The van der Waals surface area contributed by atoms with Gasteiger partial charge in [-0.25, -0.2) is 0 Å². The van der Waals surface area contributed by atoms with Crippen LogP contribution in [0.3, 0.4) is 0 Å². The Kier molecular flexibility index (Phi) is 7.77. The van der Waals surface area contributed by atoms with E-state index in [9.17, 15) is 15.3 Å². The number of hydrogen-bond acceptors (Lipinski definition) is 7. The zero-order valence-electron chi connectivity index (χ0n) is 9.32. The molecule has 16 heavy (non-hydrogen) atoms. The summed E-state index contributed by atoms with van der Waals surface area (Å²) in [5.74, 6) is 0. The highest BCUT2D eigenvalue weighted by Crippen LogP contribution is 2.04. The Labute approximate surface area is 94.5 Å². The smallest absolute Gasteiger partial charge is 0.111 e. The Balaban J connectivity index is 3.92. The molecule has 0 saturated heterocycles. The van der Waals surface area contributed by atoms with E-state index in [2.05, 4.69) is 5.32 Å². The molecule has 0 rings (SSSR count). The van der Waals surface area contributed by atoms with Gasteiger partial charge in [-0.2, -0.15) is 0 Å². The Morgan fingerprint density at radius 1 is 1.00 bits per heavy atom. The number of hydrogen-bond donors (Lipinski definition) is 7. The summed E-state index contributed by atoms with van der Waals surface area (Å²) in [6.45, 7) is 1.60. The molecule has 0 aromatic rings. The molecule has 0 aliphatic rings. The van der Waals surface area contributed by atoms with Gasteiger partial charge >= 0.3 is 0 Å². The molecule has 0 aromatic heterocycles. The molecule has 0 fully saturated rings. The van der Waals surface area contributed by atoms with Gasteiger partial charge in [0.25, 0.3) is 0 Å². The molecule has 0 radical (unpaired) electrons. The zero-order valence-corrected chi connectivity index (χ0v) is 9.32. The van der Waals surface area contributed by atoms with Crippen LogP contribution in [0.15, 0.2) is 0 Å². The monoisotopic (exact) mass is 238 g/mol. The molecule has 8 N–H and O–H groups in total. The fourth-order valence-corrected chi connectivity index (χ4v) is 1.14. The summed E-state index contributed by atoms with van der Waals surface area (Å²) in [4.78, 5) is 0. The van der Waals surface area contributed by atoms with Gasteiger partial charge in [-0.1, -0.05) is 0 Å². The Morgan fingerprint density at radius 3 is 1.94 bits per heavy atom. The minimum Gasteiger partial charge on any atom is -0.394 e. The fourth-order valence-electron chi connectivity index (χ4n) is 1.14. The topological polar surface area (TPSA) is 139 Å². The first kappa shape index (κ1) is 15.7. The van der Waals surface area contributed by atoms with E-state index in [0.29, 0.717) is 6.54 Å². The SMILES string of the molecule is CC(N)CNCC(O)C(O)C(O)C(O)CO. The number of nitrogens with one attached hydrogen (secondary N) is 1.